The molecule has 0 aromatic heterocycles. The maximum absolute atomic E-state index is 12.4. The third-order valence-corrected chi connectivity index (χ3v) is 4.40. The van der Waals surface area contributed by atoms with E-state index in [0.717, 1.165) is 37.2 Å². The second-order valence-electron chi connectivity index (χ2n) is 6.58. The van der Waals surface area contributed by atoms with Gasteiger partial charge in [0.1, 0.15) is 0 Å². The highest BCUT2D eigenvalue weighted by atomic mass is 16.3. The normalized spacial score (nSPS) is 24.6. The molecule has 1 aliphatic rings. The van der Waals surface area contributed by atoms with Gasteiger partial charge in [-0.1, -0.05) is 19.1 Å². The summed E-state index contributed by atoms with van der Waals surface area (Å²) in [6.45, 7) is 7.90. The van der Waals surface area contributed by atoms with Gasteiger partial charge >= 0.3 is 0 Å². The van der Waals surface area contributed by atoms with Crippen LogP contribution in [0.5, 0.6) is 0 Å². The van der Waals surface area contributed by atoms with Gasteiger partial charge in [-0.15, -0.1) is 0 Å². The van der Waals surface area contributed by atoms with Gasteiger partial charge in [0.2, 0.25) is 5.91 Å². The summed E-state index contributed by atoms with van der Waals surface area (Å²) in [5, 5.41) is 12.5. The molecule has 1 aromatic carbocycles. The van der Waals surface area contributed by atoms with Crippen molar-refractivity contribution in [1.29, 1.82) is 0 Å². The van der Waals surface area contributed by atoms with E-state index >= 15 is 0 Å². The average Bonchev–Trinajstić information content (AvgIpc) is 2.46. The topological polar surface area (TPSA) is 52.6 Å². The Morgan fingerprint density at radius 2 is 2.29 bits per heavy atom. The highest BCUT2D eigenvalue weighted by molar-refractivity contribution is 5.94. The van der Waals surface area contributed by atoms with Crippen LogP contribution in [0.15, 0.2) is 24.3 Å². The van der Waals surface area contributed by atoms with Gasteiger partial charge in [0.25, 0.3) is 0 Å². The van der Waals surface area contributed by atoms with Crippen molar-refractivity contribution >= 4 is 11.6 Å². The summed E-state index contributed by atoms with van der Waals surface area (Å²) in [4.78, 5) is 14.6. The molecule has 21 heavy (non-hydrogen) atoms. The third kappa shape index (κ3) is 4.05. The molecular formula is C17H26N2O2. The Labute approximate surface area is 127 Å². The Balaban J connectivity index is 1.99. The molecule has 2 N–H and O–H groups in total. The van der Waals surface area contributed by atoms with E-state index in [1.54, 1.807) is 0 Å². The number of carbonyl (C=O) groups is 1. The lowest BCUT2D eigenvalue weighted by atomic mass is 9.82. The van der Waals surface area contributed by atoms with Crippen LogP contribution in [0.1, 0.15) is 32.3 Å². The molecule has 1 aromatic rings. The van der Waals surface area contributed by atoms with Gasteiger partial charge in [0.15, 0.2) is 0 Å². The number of aryl methyl sites for hydroxylation is 1. The van der Waals surface area contributed by atoms with Crippen LogP contribution >= 0.6 is 0 Å². The number of piperidine rings is 1. The SMILES string of the molecule is Cc1cccc(NC(=O)C(C)N2CCCC(C)(CO)C2)c1. The molecule has 0 spiro atoms. The van der Waals surface area contributed by atoms with Crippen LogP contribution < -0.4 is 5.32 Å². The predicted octanol–water partition coefficient (Wildman–Crippen LogP) is 2.42. The standard InChI is InChI=1S/C17H26N2O2/c1-13-6-4-7-15(10-13)18-16(21)14(2)19-9-5-8-17(3,11-19)12-20/h4,6-7,10,14,20H,5,8-9,11-12H2,1-3H3,(H,18,21). The molecule has 2 atom stereocenters. The molecule has 4 nitrogen and oxygen atoms in total. The Hall–Kier alpha value is -1.39. The summed E-state index contributed by atoms with van der Waals surface area (Å²) in [7, 11) is 0. The van der Waals surface area contributed by atoms with E-state index in [0.29, 0.717) is 0 Å². The van der Waals surface area contributed by atoms with Crippen LogP contribution in [0.3, 0.4) is 0 Å². The molecule has 116 valence electrons. The van der Waals surface area contributed by atoms with Crippen molar-refractivity contribution in [3.63, 3.8) is 0 Å². The Bertz CT molecular complexity index is 503. The number of aliphatic hydroxyl groups excluding tert-OH is 1. The maximum Gasteiger partial charge on any atom is 0.241 e. The summed E-state index contributed by atoms with van der Waals surface area (Å²) >= 11 is 0. The molecule has 2 unspecified atom stereocenters. The summed E-state index contributed by atoms with van der Waals surface area (Å²) in [6.07, 6.45) is 2.05. The predicted molar refractivity (Wildman–Crippen MR) is 85.3 cm³/mol. The fourth-order valence-electron chi connectivity index (χ4n) is 2.95. The first-order chi connectivity index (χ1) is 9.93. The van der Waals surface area contributed by atoms with Crippen molar-refractivity contribution in [3.05, 3.63) is 29.8 Å². The summed E-state index contributed by atoms with van der Waals surface area (Å²) in [5.74, 6) is 0.0165. The zero-order valence-electron chi connectivity index (χ0n) is 13.2. The first-order valence-corrected chi connectivity index (χ1v) is 7.66. The Morgan fingerprint density at radius 3 is 2.95 bits per heavy atom. The van der Waals surface area contributed by atoms with Gasteiger partial charge in [-0.2, -0.15) is 0 Å². The zero-order valence-corrected chi connectivity index (χ0v) is 13.2. The first-order valence-electron chi connectivity index (χ1n) is 7.66. The molecule has 4 heteroatoms. The summed E-state index contributed by atoms with van der Waals surface area (Å²) < 4.78 is 0. The Morgan fingerprint density at radius 1 is 1.52 bits per heavy atom. The number of benzene rings is 1. The number of rotatable bonds is 4. The van der Waals surface area contributed by atoms with E-state index in [1.807, 2.05) is 38.1 Å². The van der Waals surface area contributed by atoms with E-state index in [2.05, 4.69) is 17.1 Å². The van der Waals surface area contributed by atoms with Crippen molar-refractivity contribution in [1.82, 2.24) is 4.90 Å². The highest BCUT2D eigenvalue weighted by Gasteiger charge is 2.34. The minimum absolute atomic E-state index is 0.0165. The van der Waals surface area contributed by atoms with Gasteiger partial charge in [-0.05, 0) is 50.9 Å². The van der Waals surface area contributed by atoms with Crippen LogP contribution in [0, 0.1) is 12.3 Å². The van der Waals surface area contributed by atoms with Gasteiger partial charge < -0.3 is 10.4 Å². The minimum atomic E-state index is -0.184. The molecule has 2 rings (SSSR count). The number of nitrogens with one attached hydrogen (secondary N) is 1. The largest absolute Gasteiger partial charge is 0.396 e. The number of aliphatic hydroxyl groups is 1. The maximum atomic E-state index is 12.4. The van der Waals surface area contributed by atoms with Crippen molar-refractivity contribution in [2.75, 3.05) is 25.0 Å². The van der Waals surface area contributed by atoms with Crippen molar-refractivity contribution in [2.24, 2.45) is 5.41 Å². The fraction of sp³-hybridized carbons (Fsp3) is 0.588. The number of nitrogens with zero attached hydrogens (tertiary/aromatic N) is 1. The lowest BCUT2D eigenvalue weighted by Gasteiger charge is -2.41. The van der Waals surface area contributed by atoms with E-state index in [9.17, 15) is 9.90 Å². The minimum Gasteiger partial charge on any atom is -0.396 e. The van der Waals surface area contributed by atoms with Gasteiger partial charge in [0.05, 0.1) is 6.04 Å². The van der Waals surface area contributed by atoms with Crippen LogP contribution in [-0.4, -0.2) is 41.7 Å². The van der Waals surface area contributed by atoms with Crippen LogP contribution in [-0.2, 0) is 4.79 Å². The summed E-state index contributed by atoms with van der Waals surface area (Å²) in [6, 6.07) is 7.65. The number of carbonyl (C=O) groups excluding carboxylic acids is 1. The molecule has 0 bridgehead atoms. The number of hydrogen-bond acceptors (Lipinski definition) is 3. The number of hydrogen-bond donors (Lipinski definition) is 2. The van der Waals surface area contributed by atoms with Crippen molar-refractivity contribution < 1.29 is 9.90 Å². The lowest BCUT2D eigenvalue weighted by Crippen LogP contribution is -2.51. The van der Waals surface area contributed by atoms with Gasteiger partial charge in [-0.25, -0.2) is 0 Å². The average molecular weight is 290 g/mol. The van der Waals surface area contributed by atoms with Crippen LogP contribution in [0.25, 0.3) is 0 Å². The van der Waals surface area contributed by atoms with Crippen molar-refractivity contribution in [3.8, 4) is 0 Å². The second-order valence-corrected chi connectivity index (χ2v) is 6.58. The Kier molecular flexibility index (Phi) is 5.01. The zero-order chi connectivity index (χ0) is 15.5. The molecule has 0 radical (unpaired) electrons. The number of likely N-dealkylation sites (tertiary alicyclic amines) is 1. The summed E-state index contributed by atoms with van der Waals surface area (Å²) in [5.41, 5.74) is 1.89. The van der Waals surface area contributed by atoms with E-state index in [-0.39, 0.29) is 24.0 Å². The quantitative estimate of drug-likeness (QED) is 0.895. The van der Waals surface area contributed by atoms with Crippen LogP contribution in [0.4, 0.5) is 5.69 Å². The van der Waals surface area contributed by atoms with Crippen LogP contribution in [0.2, 0.25) is 0 Å². The molecule has 1 amide bonds. The molecule has 1 heterocycles. The number of anilines is 1. The van der Waals surface area contributed by atoms with E-state index in [1.165, 1.54) is 0 Å². The smallest absolute Gasteiger partial charge is 0.241 e. The van der Waals surface area contributed by atoms with Gasteiger partial charge in [0, 0.05) is 24.3 Å². The molecule has 1 fully saturated rings. The molecular weight excluding hydrogens is 264 g/mol. The molecule has 1 saturated heterocycles. The van der Waals surface area contributed by atoms with Gasteiger partial charge in [-0.3, -0.25) is 9.69 Å². The molecule has 0 aliphatic carbocycles. The lowest BCUT2D eigenvalue weighted by molar-refractivity contribution is -0.122. The number of amides is 1. The van der Waals surface area contributed by atoms with Crippen molar-refractivity contribution in [2.45, 2.75) is 39.7 Å². The fourth-order valence-corrected chi connectivity index (χ4v) is 2.95. The first kappa shape index (κ1) is 16.0. The molecule has 0 saturated carbocycles. The van der Waals surface area contributed by atoms with E-state index in [4.69, 9.17) is 0 Å². The second kappa shape index (κ2) is 6.58. The molecule has 1 aliphatic heterocycles. The van der Waals surface area contributed by atoms with E-state index < -0.39 is 0 Å². The third-order valence-electron chi connectivity index (χ3n) is 4.40. The highest BCUT2D eigenvalue weighted by Crippen LogP contribution is 2.29. The monoisotopic (exact) mass is 290 g/mol.